The molecule has 1 saturated carbocycles. The minimum Gasteiger partial charge on any atom is -0.496 e. The first-order chi connectivity index (χ1) is 15.1. The highest BCUT2D eigenvalue weighted by atomic mass is 127. The Balaban J connectivity index is 0.00000363. The molecule has 180 valence electrons. The van der Waals surface area contributed by atoms with Crippen LogP contribution in [0.5, 0.6) is 17.2 Å². The lowest BCUT2D eigenvalue weighted by atomic mass is 9.88. The van der Waals surface area contributed by atoms with Crippen molar-refractivity contribution in [3.05, 3.63) is 17.7 Å². The molecular weight excluding hydrogens is 523 g/mol. The van der Waals surface area contributed by atoms with E-state index in [2.05, 4.69) is 15.6 Å². The van der Waals surface area contributed by atoms with Crippen LogP contribution in [-0.2, 0) is 11.3 Å². The number of benzene rings is 1. The minimum absolute atomic E-state index is 0. The first kappa shape index (κ1) is 26.3. The van der Waals surface area contributed by atoms with E-state index in [4.69, 9.17) is 14.2 Å². The number of likely N-dealkylation sites (tertiary alicyclic amines) is 1. The van der Waals surface area contributed by atoms with Gasteiger partial charge in [0.05, 0.1) is 21.3 Å². The zero-order chi connectivity index (χ0) is 22.2. The lowest BCUT2D eigenvalue weighted by Gasteiger charge is -2.26. The van der Waals surface area contributed by atoms with Crippen molar-refractivity contribution in [2.45, 2.75) is 51.1 Å². The summed E-state index contributed by atoms with van der Waals surface area (Å²) < 4.78 is 16.3. The lowest BCUT2D eigenvalue weighted by Crippen LogP contribution is -2.45. The van der Waals surface area contributed by atoms with E-state index in [1.807, 2.05) is 17.0 Å². The number of nitrogens with one attached hydrogen (secondary N) is 2. The van der Waals surface area contributed by atoms with Gasteiger partial charge in [-0.25, -0.2) is 0 Å². The van der Waals surface area contributed by atoms with Crippen LogP contribution in [0.2, 0.25) is 0 Å². The Morgan fingerprint density at radius 3 is 2.31 bits per heavy atom. The fourth-order valence-electron chi connectivity index (χ4n) is 4.48. The highest BCUT2D eigenvalue weighted by Gasteiger charge is 2.31. The van der Waals surface area contributed by atoms with Crippen LogP contribution >= 0.6 is 24.0 Å². The van der Waals surface area contributed by atoms with Gasteiger partial charge in [-0.15, -0.1) is 24.0 Å². The SMILES string of the molecule is CN=C(NCc1cc(OC)c(OC)cc1OC)NC1CCN(C(=O)C2CCCCC2)C1.I. The fourth-order valence-corrected chi connectivity index (χ4v) is 4.48. The predicted molar refractivity (Wildman–Crippen MR) is 136 cm³/mol. The molecule has 0 bridgehead atoms. The van der Waals surface area contributed by atoms with Crippen molar-refractivity contribution in [3.8, 4) is 17.2 Å². The maximum absolute atomic E-state index is 12.8. The average Bonchev–Trinajstić information content (AvgIpc) is 3.29. The van der Waals surface area contributed by atoms with Crippen LogP contribution in [0.15, 0.2) is 17.1 Å². The molecule has 1 saturated heterocycles. The van der Waals surface area contributed by atoms with Crippen LogP contribution < -0.4 is 24.8 Å². The molecule has 8 nitrogen and oxygen atoms in total. The zero-order valence-electron chi connectivity index (χ0n) is 19.6. The van der Waals surface area contributed by atoms with Gasteiger partial charge in [0.2, 0.25) is 5.91 Å². The summed E-state index contributed by atoms with van der Waals surface area (Å²) in [6.45, 7) is 2.06. The van der Waals surface area contributed by atoms with Gasteiger partial charge in [0, 0.05) is 50.3 Å². The van der Waals surface area contributed by atoms with Crippen molar-refractivity contribution in [1.29, 1.82) is 0 Å². The third kappa shape index (κ3) is 6.55. The molecule has 0 aromatic heterocycles. The van der Waals surface area contributed by atoms with Gasteiger partial charge in [0.1, 0.15) is 5.75 Å². The molecule has 1 aromatic rings. The monoisotopic (exact) mass is 560 g/mol. The Morgan fingerprint density at radius 2 is 1.69 bits per heavy atom. The number of methoxy groups -OCH3 is 3. The van der Waals surface area contributed by atoms with E-state index in [1.54, 1.807) is 28.4 Å². The van der Waals surface area contributed by atoms with Gasteiger partial charge < -0.3 is 29.7 Å². The second-order valence-electron chi connectivity index (χ2n) is 8.19. The second-order valence-corrected chi connectivity index (χ2v) is 8.19. The highest BCUT2D eigenvalue weighted by Crippen LogP contribution is 2.34. The molecule has 1 aliphatic carbocycles. The van der Waals surface area contributed by atoms with Crippen molar-refractivity contribution in [1.82, 2.24) is 15.5 Å². The number of guanidine groups is 1. The largest absolute Gasteiger partial charge is 0.496 e. The molecule has 3 rings (SSSR count). The van der Waals surface area contributed by atoms with E-state index in [9.17, 15) is 4.79 Å². The Labute approximate surface area is 208 Å². The number of hydrogen-bond donors (Lipinski definition) is 2. The van der Waals surface area contributed by atoms with E-state index in [-0.39, 0.29) is 35.9 Å². The van der Waals surface area contributed by atoms with E-state index < -0.39 is 0 Å². The molecule has 2 aliphatic rings. The maximum atomic E-state index is 12.8. The normalized spacial score (nSPS) is 19.2. The summed E-state index contributed by atoms with van der Waals surface area (Å²) in [7, 11) is 6.60. The summed E-state index contributed by atoms with van der Waals surface area (Å²) in [6.07, 6.45) is 6.65. The number of amides is 1. The molecule has 0 radical (unpaired) electrons. The Hall–Kier alpha value is -1.91. The number of rotatable bonds is 7. The van der Waals surface area contributed by atoms with Crippen molar-refractivity contribution in [2.24, 2.45) is 10.9 Å². The Morgan fingerprint density at radius 1 is 1.03 bits per heavy atom. The third-order valence-corrected chi connectivity index (χ3v) is 6.25. The van der Waals surface area contributed by atoms with Crippen molar-refractivity contribution >= 4 is 35.8 Å². The molecule has 1 heterocycles. The van der Waals surface area contributed by atoms with Gasteiger partial charge in [-0.1, -0.05) is 19.3 Å². The molecule has 1 atom stereocenters. The molecule has 32 heavy (non-hydrogen) atoms. The molecule has 1 aromatic carbocycles. The van der Waals surface area contributed by atoms with E-state index in [1.165, 1.54) is 19.3 Å². The van der Waals surface area contributed by atoms with E-state index in [0.717, 1.165) is 37.9 Å². The number of halogens is 1. The summed E-state index contributed by atoms with van der Waals surface area (Å²) in [5.41, 5.74) is 0.934. The van der Waals surface area contributed by atoms with Crippen LogP contribution in [0.3, 0.4) is 0 Å². The van der Waals surface area contributed by atoms with Gasteiger partial charge in [-0.05, 0) is 25.3 Å². The number of aliphatic imine (C=N–C) groups is 1. The van der Waals surface area contributed by atoms with Crippen LogP contribution in [0.25, 0.3) is 0 Å². The van der Waals surface area contributed by atoms with Crippen LogP contribution in [-0.4, -0.2) is 64.3 Å². The van der Waals surface area contributed by atoms with Crippen molar-refractivity contribution < 1.29 is 19.0 Å². The Kier molecular flexibility index (Phi) is 10.7. The summed E-state index contributed by atoms with van der Waals surface area (Å²) in [4.78, 5) is 19.2. The summed E-state index contributed by atoms with van der Waals surface area (Å²) in [6, 6.07) is 3.92. The summed E-state index contributed by atoms with van der Waals surface area (Å²) in [5.74, 6) is 3.25. The van der Waals surface area contributed by atoms with Gasteiger partial charge >= 0.3 is 0 Å². The molecule has 0 spiro atoms. The molecule has 1 unspecified atom stereocenters. The number of carbonyl (C=O) groups is 1. The molecule has 1 aliphatic heterocycles. The zero-order valence-corrected chi connectivity index (χ0v) is 21.9. The molecule has 1 amide bonds. The fraction of sp³-hybridized carbons (Fsp3) is 0.652. The van der Waals surface area contributed by atoms with Gasteiger partial charge in [-0.3, -0.25) is 9.79 Å². The number of carbonyl (C=O) groups excluding carboxylic acids is 1. The predicted octanol–water partition coefficient (Wildman–Crippen LogP) is 3.18. The van der Waals surface area contributed by atoms with E-state index in [0.29, 0.717) is 35.7 Å². The number of hydrogen-bond acceptors (Lipinski definition) is 5. The van der Waals surface area contributed by atoms with Gasteiger partial charge in [-0.2, -0.15) is 0 Å². The van der Waals surface area contributed by atoms with E-state index >= 15 is 0 Å². The van der Waals surface area contributed by atoms with Crippen molar-refractivity contribution in [2.75, 3.05) is 41.5 Å². The molecule has 2 N–H and O–H groups in total. The second kappa shape index (κ2) is 13.0. The van der Waals surface area contributed by atoms with Crippen LogP contribution in [0.1, 0.15) is 44.1 Å². The Bertz CT molecular complexity index is 784. The quantitative estimate of drug-likeness (QED) is 0.303. The van der Waals surface area contributed by atoms with Crippen LogP contribution in [0.4, 0.5) is 0 Å². The minimum atomic E-state index is 0. The summed E-state index contributed by atoms with van der Waals surface area (Å²) in [5, 5.41) is 6.80. The topological polar surface area (TPSA) is 84.4 Å². The van der Waals surface area contributed by atoms with Crippen LogP contribution in [0, 0.1) is 5.92 Å². The summed E-state index contributed by atoms with van der Waals surface area (Å²) >= 11 is 0. The smallest absolute Gasteiger partial charge is 0.225 e. The molecule has 2 fully saturated rings. The van der Waals surface area contributed by atoms with Gasteiger partial charge in [0.15, 0.2) is 17.5 Å². The lowest BCUT2D eigenvalue weighted by molar-refractivity contribution is -0.135. The standard InChI is InChI=1S/C23H36N4O4.HI/c1-24-23(25-14-17-12-20(30-3)21(31-4)13-19(17)29-2)26-18-10-11-27(15-18)22(28)16-8-6-5-7-9-16;/h12-13,16,18H,5-11,14-15H2,1-4H3,(H2,24,25,26);1H. The average molecular weight is 560 g/mol. The van der Waals surface area contributed by atoms with Gasteiger partial charge in [0.25, 0.3) is 0 Å². The number of nitrogens with zero attached hydrogens (tertiary/aromatic N) is 2. The molecule has 9 heteroatoms. The van der Waals surface area contributed by atoms with Crippen molar-refractivity contribution in [3.63, 3.8) is 0 Å². The first-order valence-corrected chi connectivity index (χ1v) is 11.1. The third-order valence-electron chi connectivity index (χ3n) is 6.25. The number of ether oxygens (including phenoxy) is 3. The highest BCUT2D eigenvalue weighted by molar-refractivity contribution is 14.0. The maximum Gasteiger partial charge on any atom is 0.225 e. The molecular formula is C23H37IN4O4. The first-order valence-electron chi connectivity index (χ1n) is 11.1.